The van der Waals surface area contributed by atoms with Gasteiger partial charge in [-0.1, -0.05) is 23.7 Å². The van der Waals surface area contributed by atoms with Crippen LogP contribution in [-0.4, -0.2) is 16.7 Å². The Morgan fingerprint density at radius 1 is 1.47 bits per heavy atom. The van der Waals surface area contributed by atoms with Crippen molar-refractivity contribution in [3.63, 3.8) is 0 Å². The number of aliphatic hydroxyl groups is 1. The maximum atomic E-state index is 10.4. The summed E-state index contributed by atoms with van der Waals surface area (Å²) in [5, 5.41) is 14.6. The molecule has 1 fully saturated rings. The highest BCUT2D eigenvalue weighted by molar-refractivity contribution is 6.30. The van der Waals surface area contributed by atoms with E-state index < -0.39 is 6.10 Å². The van der Waals surface area contributed by atoms with Crippen molar-refractivity contribution in [3.05, 3.63) is 34.9 Å². The van der Waals surface area contributed by atoms with E-state index in [9.17, 15) is 5.11 Å². The second kappa shape index (κ2) is 4.97. The van der Waals surface area contributed by atoms with Crippen molar-refractivity contribution >= 4 is 11.6 Å². The van der Waals surface area contributed by atoms with Crippen LogP contribution in [0.2, 0.25) is 5.02 Å². The van der Waals surface area contributed by atoms with Crippen LogP contribution in [0.1, 0.15) is 44.8 Å². The standard InChI is InChI=1S/C14H20ClNO/c1-14(2)8-4-7-12(16-14)13(17)10-5-3-6-11(15)9-10/h3,5-6,9,12-13,16-17H,4,7-8H2,1-2H3/t12-,13-/m1/s1. The van der Waals surface area contributed by atoms with Crippen LogP contribution in [0.25, 0.3) is 0 Å². The van der Waals surface area contributed by atoms with E-state index in [-0.39, 0.29) is 11.6 Å². The Labute approximate surface area is 108 Å². The number of nitrogens with one attached hydrogen (secondary N) is 1. The molecule has 1 aromatic carbocycles. The molecule has 0 aliphatic carbocycles. The van der Waals surface area contributed by atoms with E-state index >= 15 is 0 Å². The topological polar surface area (TPSA) is 32.3 Å². The molecule has 17 heavy (non-hydrogen) atoms. The minimum absolute atomic E-state index is 0.114. The van der Waals surface area contributed by atoms with Gasteiger partial charge in [0.2, 0.25) is 0 Å². The van der Waals surface area contributed by atoms with Crippen LogP contribution in [0.5, 0.6) is 0 Å². The smallest absolute Gasteiger partial charge is 0.0943 e. The van der Waals surface area contributed by atoms with Gasteiger partial charge in [-0.25, -0.2) is 0 Å². The zero-order valence-corrected chi connectivity index (χ0v) is 11.2. The van der Waals surface area contributed by atoms with Gasteiger partial charge < -0.3 is 10.4 Å². The molecule has 2 atom stereocenters. The second-order valence-corrected chi connectivity index (χ2v) is 5.96. The lowest BCUT2D eigenvalue weighted by atomic mass is 9.86. The number of hydrogen-bond donors (Lipinski definition) is 2. The quantitative estimate of drug-likeness (QED) is 0.848. The summed E-state index contributed by atoms with van der Waals surface area (Å²) in [6, 6.07) is 7.61. The molecule has 2 nitrogen and oxygen atoms in total. The minimum atomic E-state index is -0.478. The van der Waals surface area contributed by atoms with Gasteiger partial charge in [0.25, 0.3) is 0 Å². The molecule has 0 aromatic heterocycles. The Balaban J connectivity index is 2.12. The lowest BCUT2D eigenvalue weighted by Crippen LogP contribution is -2.51. The highest BCUT2D eigenvalue weighted by Gasteiger charge is 2.31. The van der Waals surface area contributed by atoms with Crippen molar-refractivity contribution in [2.75, 3.05) is 0 Å². The van der Waals surface area contributed by atoms with E-state index in [1.165, 1.54) is 0 Å². The van der Waals surface area contributed by atoms with Gasteiger partial charge in [-0.2, -0.15) is 0 Å². The van der Waals surface area contributed by atoms with Crippen LogP contribution in [0.15, 0.2) is 24.3 Å². The Morgan fingerprint density at radius 2 is 2.24 bits per heavy atom. The summed E-state index contributed by atoms with van der Waals surface area (Å²) in [4.78, 5) is 0. The van der Waals surface area contributed by atoms with E-state index in [4.69, 9.17) is 11.6 Å². The fourth-order valence-corrected chi connectivity index (χ4v) is 2.77. The number of rotatable bonds is 2. The predicted octanol–water partition coefficient (Wildman–Crippen LogP) is 3.29. The first-order chi connectivity index (χ1) is 7.98. The van der Waals surface area contributed by atoms with E-state index in [2.05, 4.69) is 19.2 Å². The van der Waals surface area contributed by atoms with E-state index in [1.807, 2.05) is 24.3 Å². The zero-order chi connectivity index (χ0) is 12.5. The van der Waals surface area contributed by atoms with Gasteiger partial charge in [-0.05, 0) is 50.8 Å². The highest BCUT2D eigenvalue weighted by Crippen LogP contribution is 2.29. The zero-order valence-electron chi connectivity index (χ0n) is 10.4. The molecule has 2 rings (SSSR count). The van der Waals surface area contributed by atoms with Crippen molar-refractivity contribution < 1.29 is 5.11 Å². The number of halogens is 1. The van der Waals surface area contributed by atoms with Crippen LogP contribution in [0, 0.1) is 0 Å². The summed E-state index contributed by atoms with van der Waals surface area (Å²) < 4.78 is 0. The van der Waals surface area contributed by atoms with Crippen LogP contribution in [0.4, 0.5) is 0 Å². The molecule has 0 radical (unpaired) electrons. The molecule has 1 heterocycles. The van der Waals surface area contributed by atoms with Crippen molar-refractivity contribution in [2.45, 2.75) is 50.8 Å². The molecule has 1 aliphatic rings. The lowest BCUT2D eigenvalue weighted by Gasteiger charge is -2.39. The molecule has 3 heteroatoms. The van der Waals surface area contributed by atoms with E-state index in [0.717, 1.165) is 24.8 Å². The molecule has 1 aromatic rings. The first-order valence-corrected chi connectivity index (χ1v) is 6.57. The predicted molar refractivity (Wildman–Crippen MR) is 71.3 cm³/mol. The van der Waals surface area contributed by atoms with Crippen molar-refractivity contribution in [1.82, 2.24) is 5.32 Å². The van der Waals surface area contributed by atoms with Crippen molar-refractivity contribution in [1.29, 1.82) is 0 Å². The average Bonchev–Trinajstić information content (AvgIpc) is 2.26. The summed E-state index contributed by atoms with van der Waals surface area (Å²) in [5.74, 6) is 0. The maximum Gasteiger partial charge on any atom is 0.0943 e. The average molecular weight is 254 g/mol. The number of hydrogen-bond acceptors (Lipinski definition) is 2. The SMILES string of the molecule is CC1(C)CCC[C@H]([C@H](O)c2cccc(Cl)c2)N1. The molecular weight excluding hydrogens is 234 g/mol. The van der Waals surface area contributed by atoms with Gasteiger partial charge >= 0.3 is 0 Å². The molecule has 2 N–H and O–H groups in total. The number of aliphatic hydroxyl groups excluding tert-OH is 1. The Hall–Kier alpha value is -0.570. The van der Waals surface area contributed by atoms with E-state index in [0.29, 0.717) is 5.02 Å². The first-order valence-electron chi connectivity index (χ1n) is 6.19. The third kappa shape index (κ3) is 3.21. The normalized spacial score (nSPS) is 25.5. The monoisotopic (exact) mass is 253 g/mol. The molecule has 0 amide bonds. The lowest BCUT2D eigenvalue weighted by molar-refractivity contribution is 0.0844. The van der Waals surface area contributed by atoms with Gasteiger partial charge in [0.1, 0.15) is 0 Å². The van der Waals surface area contributed by atoms with Crippen LogP contribution in [0.3, 0.4) is 0 Å². The largest absolute Gasteiger partial charge is 0.387 e. The maximum absolute atomic E-state index is 10.4. The molecule has 1 aliphatic heterocycles. The number of piperidine rings is 1. The third-order valence-corrected chi connectivity index (χ3v) is 3.70. The summed E-state index contributed by atoms with van der Waals surface area (Å²) in [6.07, 6.45) is 2.85. The second-order valence-electron chi connectivity index (χ2n) is 5.53. The fraction of sp³-hybridized carbons (Fsp3) is 0.571. The fourth-order valence-electron chi connectivity index (χ4n) is 2.57. The molecule has 0 saturated carbocycles. The highest BCUT2D eigenvalue weighted by atomic mass is 35.5. The van der Waals surface area contributed by atoms with Crippen molar-refractivity contribution in [3.8, 4) is 0 Å². The Bertz CT molecular complexity index is 392. The molecule has 94 valence electrons. The third-order valence-electron chi connectivity index (χ3n) is 3.46. The summed E-state index contributed by atoms with van der Waals surface area (Å²) >= 11 is 5.95. The molecule has 0 unspecified atom stereocenters. The summed E-state index contributed by atoms with van der Waals surface area (Å²) in [7, 11) is 0. The summed E-state index contributed by atoms with van der Waals surface area (Å²) in [6.45, 7) is 4.37. The van der Waals surface area contributed by atoms with Gasteiger partial charge in [0.15, 0.2) is 0 Å². The molecule has 0 bridgehead atoms. The summed E-state index contributed by atoms with van der Waals surface area (Å²) in [5.41, 5.74) is 1.01. The van der Waals surface area contributed by atoms with Crippen LogP contribution < -0.4 is 5.32 Å². The van der Waals surface area contributed by atoms with Gasteiger partial charge in [-0.3, -0.25) is 0 Å². The van der Waals surface area contributed by atoms with Crippen LogP contribution >= 0.6 is 11.6 Å². The number of benzene rings is 1. The van der Waals surface area contributed by atoms with Gasteiger partial charge in [0, 0.05) is 16.6 Å². The van der Waals surface area contributed by atoms with Crippen LogP contribution in [-0.2, 0) is 0 Å². The van der Waals surface area contributed by atoms with Gasteiger partial charge in [0.05, 0.1) is 6.10 Å². The molecule has 1 saturated heterocycles. The Morgan fingerprint density at radius 3 is 2.88 bits per heavy atom. The van der Waals surface area contributed by atoms with Crippen molar-refractivity contribution in [2.24, 2.45) is 0 Å². The molecule has 0 spiro atoms. The minimum Gasteiger partial charge on any atom is -0.387 e. The molecular formula is C14H20ClNO. The first kappa shape index (κ1) is 12.9. The van der Waals surface area contributed by atoms with Gasteiger partial charge in [-0.15, -0.1) is 0 Å². The Kier molecular flexibility index (Phi) is 3.76. The van der Waals surface area contributed by atoms with E-state index in [1.54, 1.807) is 0 Å².